The molecule has 2 aliphatic heterocycles. The standard InChI is InChI=1S/C28H25NO7/c1-34-22-15-18(7-9-20(22)30)25-24(26(31)19-8-10-21-23(16-19)36-14-13-35-21)27(32)28(33)29(25)12-11-17-5-3-2-4-6-17/h2-10,15-16,25,30-31H,11-14H2,1H3/t25-/m1/s1. The molecule has 0 radical (unpaired) electrons. The monoisotopic (exact) mass is 487 g/mol. The summed E-state index contributed by atoms with van der Waals surface area (Å²) in [6.07, 6.45) is 0.518. The molecule has 2 N–H and O–H groups in total. The first kappa shape index (κ1) is 23.3. The highest BCUT2D eigenvalue weighted by molar-refractivity contribution is 6.46. The van der Waals surface area contributed by atoms with Crippen molar-refractivity contribution in [2.75, 3.05) is 26.9 Å². The topological polar surface area (TPSA) is 106 Å². The van der Waals surface area contributed by atoms with Crippen molar-refractivity contribution >= 4 is 17.4 Å². The number of likely N-dealkylation sites (tertiary alicyclic amines) is 1. The minimum absolute atomic E-state index is 0.0440. The zero-order valence-corrected chi connectivity index (χ0v) is 19.6. The number of hydrogen-bond donors (Lipinski definition) is 2. The van der Waals surface area contributed by atoms with Gasteiger partial charge in [0.05, 0.1) is 18.7 Å². The Labute approximate surface area is 208 Å². The van der Waals surface area contributed by atoms with Crippen LogP contribution in [0.5, 0.6) is 23.0 Å². The maximum atomic E-state index is 13.3. The van der Waals surface area contributed by atoms with E-state index in [0.717, 1.165) is 5.56 Å². The number of aromatic hydroxyl groups is 1. The minimum atomic E-state index is -0.878. The number of phenolic OH excluding ortho intramolecular Hbond substituents is 1. The molecule has 0 aromatic heterocycles. The second kappa shape index (κ2) is 9.65. The fraction of sp³-hybridized carbons (Fsp3) is 0.214. The fourth-order valence-electron chi connectivity index (χ4n) is 4.56. The molecule has 184 valence electrons. The molecule has 1 saturated heterocycles. The summed E-state index contributed by atoms with van der Waals surface area (Å²) in [5.41, 5.74) is 1.82. The van der Waals surface area contributed by atoms with Gasteiger partial charge in [0, 0.05) is 12.1 Å². The Kier molecular flexibility index (Phi) is 6.25. The van der Waals surface area contributed by atoms with E-state index in [9.17, 15) is 19.8 Å². The summed E-state index contributed by atoms with van der Waals surface area (Å²) in [6, 6.07) is 18.2. The van der Waals surface area contributed by atoms with Crippen LogP contribution in [0.1, 0.15) is 22.7 Å². The SMILES string of the molecule is COc1cc([C@@H]2C(=C(O)c3ccc4c(c3)OCCO4)C(=O)C(=O)N2CCc2ccccc2)ccc1O. The first-order valence-electron chi connectivity index (χ1n) is 11.6. The van der Waals surface area contributed by atoms with Gasteiger partial charge in [0.1, 0.15) is 19.0 Å². The molecule has 0 saturated carbocycles. The number of aliphatic hydroxyl groups is 1. The third kappa shape index (κ3) is 4.22. The van der Waals surface area contributed by atoms with Crippen molar-refractivity contribution in [3.8, 4) is 23.0 Å². The molecule has 3 aromatic carbocycles. The molecule has 0 bridgehead atoms. The van der Waals surface area contributed by atoms with E-state index in [-0.39, 0.29) is 29.4 Å². The predicted molar refractivity (Wildman–Crippen MR) is 131 cm³/mol. The molecule has 0 aliphatic carbocycles. The van der Waals surface area contributed by atoms with Crippen molar-refractivity contribution in [2.24, 2.45) is 0 Å². The Hall–Kier alpha value is -4.46. The summed E-state index contributed by atoms with van der Waals surface area (Å²) >= 11 is 0. The van der Waals surface area contributed by atoms with Crippen LogP contribution in [0.2, 0.25) is 0 Å². The van der Waals surface area contributed by atoms with Gasteiger partial charge in [-0.2, -0.15) is 0 Å². The Balaban J connectivity index is 1.60. The number of rotatable bonds is 6. The molecule has 5 rings (SSSR count). The van der Waals surface area contributed by atoms with Crippen LogP contribution in [-0.4, -0.2) is 53.7 Å². The van der Waals surface area contributed by atoms with Crippen molar-refractivity contribution < 1.29 is 34.0 Å². The Morgan fingerprint density at radius 1 is 1.00 bits per heavy atom. The third-order valence-electron chi connectivity index (χ3n) is 6.36. The van der Waals surface area contributed by atoms with E-state index in [1.807, 2.05) is 30.3 Å². The molecule has 36 heavy (non-hydrogen) atoms. The second-order valence-corrected chi connectivity index (χ2v) is 8.52. The Morgan fingerprint density at radius 3 is 2.50 bits per heavy atom. The summed E-state index contributed by atoms with van der Waals surface area (Å²) in [5, 5.41) is 21.4. The molecule has 1 atom stereocenters. The zero-order valence-electron chi connectivity index (χ0n) is 19.6. The lowest BCUT2D eigenvalue weighted by Crippen LogP contribution is -2.31. The van der Waals surface area contributed by atoms with Crippen molar-refractivity contribution in [1.82, 2.24) is 4.90 Å². The largest absolute Gasteiger partial charge is 0.507 e. The van der Waals surface area contributed by atoms with Gasteiger partial charge < -0.3 is 29.3 Å². The number of aliphatic hydroxyl groups excluding tert-OH is 1. The van der Waals surface area contributed by atoms with E-state index >= 15 is 0 Å². The molecule has 0 unspecified atom stereocenters. The second-order valence-electron chi connectivity index (χ2n) is 8.52. The zero-order chi connectivity index (χ0) is 25.2. The molecular formula is C28H25NO7. The molecule has 0 spiro atoms. The number of carbonyl (C=O) groups excluding carboxylic acids is 2. The van der Waals surface area contributed by atoms with Crippen molar-refractivity contribution in [2.45, 2.75) is 12.5 Å². The van der Waals surface area contributed by atoms with Gasteiger partial charge in [0.25, 0.3) is 11.7 Å². The van der Waals surface area contributed by atoms with Crippen molar-refractivity contribution in [1.29, 1.82) is 0 Å². The lowest BCUT2D eigenvalue weighted by molar-refractivity contribution is -0.139. The average molecular weight is 488 g/mol. The molecular weight excluding hydrogens is 462 g/mol. The number of ether oxygens (including phenoxy) is 3. The highest BCUT2D eigenvalue weighted by Gasteiger charge is 2.46. The van der Waals surface area contributed by atoms with Gasteiger partial charge in [-0.3, -0.25) is 9.59 Å². The van der Waals surface area contributed by atoms with Crippen molar-refractivity contribution in [3.63, 3.8) is 0 Å². The Bertz CT molecular complexity index is 1350. The summed E-state index contributed by atoms with van der Waals surface area (Å²) in [5.74, 6) is -0.693. The normalized spacial score (nSPS) is 18.4. The van der Waals surface area contributed by atoms with Crippen LogP contribution in [0.4, 0.5) is 0 Å². The number of benzene rings is 3. The van der Waals surface area contributed by atoms with Crippen LogP contribution >= 0.6 is 0 Å². The number of amides is 1. The molecule has 1 amide bonds. The van der Waals surface area contributed by atoms with Crippen LogP contribution in [0.3, 0.4) is 0 Å². The van der Waals surface area contributed by atoms with Crippen molar-refractivity contribution in [3.05, 3.63) is 89.0 Å². The summed E-state index contributed by atoms with van der Waals surface area (Å²) in [6.45, 7) is 1.04. The number of nitrogens with zero attached hydrogens (tertiary/aromatic N) is 1. The third-order valence-corrected chi connectivity index (χ3v) is 6.36. The highest BCUT2D eigenvalue weighted by Crippen LogP contribution is 2.43. The lowest BCUT2D eigenvalue weighted by Gasteiger charge is -2.26. The number of carbonyl (C=O) groups is 2. The van der Waals surface area contributed by atoms with Gasteiger partial charge in [-0.25, -0.2) is 0 Å². The Morgan fingerprint density at radius 2 is 1.75 bits per heavy atom. The average Bonchev–Trinajstić information content (AvgIpc) is 3.17. The van der Waals surface area contributed by atoms with Crippen LogP contribution in [0.25, 0.3) is 5.76 Å². The molecule has 2 aliphatic rings. The van der Waals surface area contributed by atoms with E-state index in [4.69, 9.17) is 14.2 Å². The summed E-state index contributed by atoms with van der Waals surface area (Å²) < 4.78 is 16.4. The number of hydrogen-bond acceptors (Lipinski definition) is 7. The number of methoxy groups -OCH3 is 1. The summed E-state index contributed by atoms with van der Waals surface area (Å²) in [7, 11) is 1.42. The smallest absolute Gasteiger partial charge is 0.295 e. The number of ketones is 1. The molecule has 8 nitrogen and oxygen atoms in total. The van der Waals surface area contributed by atoms with E-state index < -0.39 is 17.7 Å². The first-order chi connectivity index (χ1) is 17.5. The number of fused-ring (bicyclic) bond motifs is 1. The van der Waals surface area contributed by atoms with Gasteiger partial charge in [0.15, 0.2) is 23.0 Å². The van der Waals surface area contributed by atoms with Crippen LogP contribution in [0.15, 0.2) is 72.3 Å². The quantitative estimate of drug-likeness (QED) is 0.309. The lowest BCUT2D eigenvalue weighted by atomic mass is 9.94. The molecule has 2 heterocycles. The molecule has 3 aromatic rings. The maximum Gasteiger partial charge on any atom is 0.295 e. The van der Waals surface area contributed by atoms with Crippen LogP contribution in [-0.2, 0) is 16.0 Å². The van der Waals surface area contributed by atoms with E-state index in [1.54, 1.807) is 30.3 Å². The minimum Gasteiger partial charge on any atom is -0.507 e. The van der Waals surface area contributed by atoms with E-state index in [2.05, 4.69) is 0 Å². The number of Topliss-reactive ketones (excluding diaryl/α,β-unsaturated/α-hetero) is 1. The van der Waals surface area contributed by atoms with Gasteiger partial charge in [-0.1, -0.05) is 36.4 Å². The van der Waals surface area contributed by atoms with Gasteiger partial charge in [0.2, 0.25) is 0 Å². The molecule has 1 fully saturated rings. The highest BCUT2D eigenvalue weighted by atomic mass is 16.6. The fourth-order valence-corrected chi connectivity index (χ4v) is 4.56. The van der Waals surface area contributed by atoms with Crippen LogP contribution in [0, 0.1) is 0 Å². The van der Waals surface area contributed by atoms with Gasteiger partial charge in [-0.05, 0) is 47.9 Å². The first-order valence-corrected chi connectivity index (χ1v) is 11.6. The van der Waals surface area contributed by atoms with E-state index in [1.165, 1.54) is 18.1 Å². The number of phenols is 1. The van der Waals surface area contributed by atoms with Gasteiger partial charge >= 0.3 is 0 Å². The van der Waals surface area contributed by atoms with E-state index in [0.29, 0.717) is 42.3 Å². The summed E-state index contributed by atoms with van der Waals surface area (Å²) in [4.78, 5) is 28.0. The predicted octanol–water partition coefficient (Wildman–Crippen LogP) is 3.84. The maximum absolute atomic E-state index is 13.3. The van der Waals surface area contributed by atoms with Gasteiger partial charge in [-0.15, -0.1) is 0 Å². The van der Waals surface area contributed by atoms with Crippen LogP contribution < -0.4 is 14.2 Å². The molecule has 8 heteroatoms.